The lowest BCUT2D eigenvalue weighted by molar-refractivity contribution is -0.143. The van der Waals surface area contributed by atoms with Gasteiger partial charge in [-0.1, -0.05) is 0 Å². The van der Waals surface area contributed by atoms with Crippen molar-refractivity contribution in [3.05, 3.63) is 46.6 Å². The highest BCUT2D eigenvalue weighted by Crippen LogP contribution is 2.36. The molecule has 1 heterocycles. The summed E-state index contributed by atoms with van der Waals surface area (Å²) in [6.07, 6.45) is -6.29. The minimum absolute atomic E-state index is 0. The summed E-state index contributed by atoms with van der Waals surface area (Å²) in [5, 5.41) is 5.68. The number of nitrogen functional groups attached to an aromatic ring is 1. The van der Waals surface area contributed by atoms with Gasteiger partial charge in [-0.25, -0.2) is 4.98 Å². The van der Waals surface area contributed by atoms with Crippen LogP contribution in [0.3, 0.4) is 0 Å². The second-order valence-electron chi connectivity index (χ2n) is 7.72. The summed E-state index contributed by atoms with van der Waals surface area (Å²) in [7, 11) is 0. The zero-order valence-corrected chi connectivity index (χ0v) is 18.2. The molecule has 0 unspecified atom stereocenters. The molecule has 6 nitrogen and oxygen atoms in total. The Kier molecular flexibility index (Phi) is 8.04. The molecule has 0 saturated heterocycles. The van der Waals surface area contributed by atoms with Gasteiger partial charge in [-0.2, -0.15) is 31.3 Å². The Hall–Kier alpha value is -2.76. The number of nitrogens with two attached hydrogens (primary N) is 1. The highest BCUT2D eigenvalue weighted by molar-refractivity contribution is 5.94. The van der Waals surface area contributed by atoms with Gasteiger partial charge in [0.05, 0.1) is 11.1 Å². The Morgan fingerprint density at radius 3 is 1.97 bits per heavy atom. The van der Waals surface area contributed by atoms with E-state index in [0.29, 0.717) is 49.6 Å². The molecule has 13 heteroatoms. The SMILES string of the molecule is Cc1cnc(N[C@H]2CC[C@@H](NC(=O)c3cc(C(F)(F)F)cc(C(F)(F)F)c3)CC2)nc1N.Cl. The van der Waals surface area contributed by atoms with Crippen LogP contribution in [-0.2, 0) is 12.4 Å². The van der Waals surface area contributed by atoms with E-state index >= 15 is 0 Å². The van der Waals surface area contributed by atoms with Crippen molar-refractivity contribution in [3.8, 4) is 0 Å². The molecule has 1 amide bonds. The average Bonchev–Trinajstić information content (AvgIpc) is 2.70. The minimum atomic E-state index is -5.01. The van der Waals surface area contributed by atoms with E-state index in [1.54, 1.807) is 13.1 Å². The summed E-state index contributed by atoms with van der Waals surface area (Å²) in [6.45, 7) is 1.77. The van der Waals surface area contributed by atoms with Crippen molar-refractivity contribution in [1.82, 2.24) is 15.3 Å². The topological polar surface area (TPSA) is 92.9 Å². The first-order chi connectivity index (χ1) is 14.8. The maximum atomic E-state index is 13.0. The number of alkyl halides is 6. The van der Waals surface area contributed by atoms with Crippen molar-refractivity contribution in [1.29, 1.82) is 0 Å². The number of hydrogen-bond acceptors (Lipinski definition) is 5. The van der Waals surface area contributed by atoms with Gasteiger partial charge in [0.2, 0.25) is 5.95 Å². The molecule has 1 aliphatic carbocycles. The number of amides is 1. The predicted molar refractivity (Wildman–Crippen MR) is 112 cm³/mol. The maximum Gasteiger partial charge on any atom is 0.416 e. The fourth-order valence-corrected chi connectivity index (χ4v) is 3.44. The number of nitrogens with one attached hydrogen (secondary N) is 2. The second-order valence-corrected chi connectivity index (χ2v) is 7.72. The largest absolute Gasteiger partial charge is 0.416 e. The van der Waals surface area contributed by atoms with E-state index in [4.69, 9.17) is 5.73 Å². The molecule has 4 N–H and O–H groups in total. The van der Waals surface area contributed by atoms with Crippen molar-refractivity contribution in [2.24, 2.45) is 0 Å². The first kappa shape index (κ1) is 26.5. The van der Waals surface area contributed by atoms with Gasteiger partial charge in [-0.3, -0.25) is 4.79 Å². The third-order valence-electron chi connectivity index (χ3n) is 5.26. The van der Waals surface area contributed by atoms with E-state index in [2.05, 4.69) is 20.6 Å². The first-order valence-electron chi connectivity index (χ1n) is 9.79. The third-order valence-corrected chi connectivity index (χ3v) is 5.26. The maximum absolute atomic E-state index is 13.0. The van der Waals surface area contributed by atoms with Crippen LogP contribution in [0.5, 0.6) is 0 Å². The van der Waals surface area contributed by atoms with Gasteiger partial charge in [0.25, 0.3) is 5.91 Å². The number of carbonyl (C=O) groups excluding carboxylic acids is 1. The van der Waals surface area contributed by atoms with E-state index in [1.807, 2.05) is 0 Å². The zero-order valence-electron chi connectivity index (χ0n) is 17.3. The summed E-state index contributed by atoms with van der Waals surface area (Å²) in [4.78, 5) is 20.7. The second kappa shape index (κ2) is 10.0. The van der Waals surface area contributed by atoms with Gasteiger partial charge >= 0.3 is 12.4 Å². The van der Waals surface area contributed by atoms with Crippen LogP contribution in [0, 0.1) is 6.92 Å². The predicted octanol–water partition coefficient (Wildman–Crippen LogP) is 4.98. The van der Waals surface area contributed by atoms with Crippen LogP contribution >= 0.6 is 12.4 Å². The molecule has 0 radical (unpaired) electrons. The number of benzene rings is 1. The molecule has 0 atom stereocenters. The fraction of sp³-hybridized carbons (Fsp3) is 0.450. The number of rotatable bonds is 4. The first-order valence-corrected chi connectivity index (χ1v) is 9.79. The summed E-state index contributed by atoms with van der Waals surface area (Å²) in [6, 6.07) is 0.463. The van der Waals surface area contributed by atoms with Crippen LogP contribution in [0.2, 0.25) is 0 Å². The molecule has 0 bridgehead atoms. The van der Waals surface area contributed by atoms with Crippen LogP contribution in [0.4, 0.5) is 38.1 Å². The Balaban J connectivity index is 0.00000385. The van der Waals surface area contributed by atoms with Crippen molar-refractivity contribution < 1.29 is 31.1 Å². The van der Waals surface area contributed by atoms with E-state index in [1.165, 1.54) is 0 Å². The molecule has 1 aromatic heterocycles. The van der Waals surface area contributed by atoms with Gasteiger partial charge in [-0.15, -0.1) is 12.4 Å². The number of carbonyl (C=O) groups is 1. The molecule has 1 aliphatic rings. The Bertz CT molecular complexity index is 958. The summed E-state index contributed by atoms with van der Waals surface area (Å²) in [5.41, 5.74) is 2.76. The van der Waals surface area contributed by atoms with Crippen LogP contribution in [0.1, 0.15) is 52.7 Å². The molecule has 0 spiro atoms. The van der Waals surface area contributed by atoms with E-state index in [9.17, 15) is 31.1 Å². The summed E-state index contributed by atoms with van der Waals surface area (Å²) in [5.74, 6) is -0.264. The lowest BCUT2D eigenvalue weighted by Crippen LogP contribution is -2.40. The van der Waals surface area contributed by atoms with Gasteiger partial charge in [0.15, 0.2) is 0 Å². The molecule has 182 valence electrons. The Morgan fingerprint density at radius 2 is 1.48 bits per heavy atom. The molecular formula is C20H22ClF6N5O. The lowest BCUT2D eigenvalue weighted by atomic mass is 9.91. The van der Waals surface area contributed by atoms with E-state index in [0.717, 1.165) is 5.56 Å². The van der Waals surface area contributed by atoms with Gasteiger partial charge in [-0.05, 0) is 50.8 Å². The fourth-order valence-electron chi connectivity index (χ4n) is 3.44. The molecule has 33 heavy (non-hydrogen) atoms. The zero-order chi connectivity index (χ0) is 23.7. The number of anilines is 2. The van der Waals surface area contributed by atoms with Crippen molar-refractivity contribution in [3.63, 3.8) is 0 Å². The molecule has 0 aliphatic heterocycles. The quantitative estimate of drug-likeness (QED) is 0.518. The highest BCUT2D eigenvalue weighted by Gasteiger charge is 2.37. The average molecular weight is 498 g/mol. The standard InChI is InChI=1S/C20H21F6N5O.ClH/c1-10-9-28-18(31-16(10)27)30-15-4-2-14(3-5-15)29-17(32)11-6-12(19(21,22)23)8-13(7-11)20(24,25)26;/h6-9,14-15H,2-5H2,1H3,(H,29,32)(H3,27,28,30,31);1H/t14-,15+;. The number of aromatic nitrogens is 2. The van der Waals surface area contributed by atoms with E-state index in [-0.39, 0.29) is 30.6 Å². The molecule has 1 saturated carbocycles. The van der Waals surface area contributed by atoms with E-state index < -0.39 is 35.0 Å². The van der Waals surface area contributed by atoms with Crippen molar-refractivity contribution >= 4 is 30.1 Å². The summed E-state index contributed by atoms with van der Waals surface area (Å²) >= 11 is 0. The van der Waals surface area contributed by atoms with Crippen molar-refractivity contribution in [2.75, 3.05) is 11.1 Å². The molecule has 2 aromatic rings. The van der Waals surface area contributed by atoms with Crippen LogP contribution < -0.4 is 16.4 Å². The van der Waals surface area contributed by atoms with Crippen molar-refractivity contribution in [2.45, 2.75) is 57.0 Å². The summed E-state index contributed by atoms with van der Waals surface area (Å²) < 4.78 is 78.0. The highest BCUT2D eigenvalue weighted by atomic mass is 35.5. The van der Waals surface area contributed by atoms with Crippen LogP contribution in [0.15, 0.2) is 24.4 Å². The normalized spacial score (nSPS) is 18.9. The Morgan fingerprint density at radius 1 is 0.970 bits per heavy atom. The number of nitrogens with zero attached hydrogens (tertiary/aromatic N) is 2. The van der Waals surface area contributed by atoms with Gasteiger partial charge in [0.1, 0.15) is 5.82 Å². The van der Waals surface area contributed by atoms with Crippen LogP contribution in [0.25, 0.3) is 0 Å². The lowest BCUT2D eigenvalue weighted by Gasteiger charge is -2.29. The molecule has 1 fully saturated rings. The van der Waals surface area contributed by atoms with Crippen LogP contribution in [-0.4, -0.2) is 28.0 Å². The van der Waals surface area contributed by atoms with Gasteiger partial charge < -0.3 is 16.4 Å². The van der Waals surface area contributed by atoms with Gasteiger partial charge in [0, 0.05) is 29.4 Å². The molecule has 1 aromatic carbocycles. The minimum Gasteiger partial charge on any atom is -0.383 e. The monoisotopic (exact) mass is 497 g/mol. The smallest absolute Gasteiger partial charge is 0.383 e. The Labute approximate surface area is 191 Å². The number of halogens is 7. The molecular weight excluding hydrogens is 476 g/mol. The molecule has 3 rings (SSSR count). The third kappa shape index (κ3) is 6.86. The number of hydrogen-bond donors (Lipinski definition) is 3. The number of aryl methyl sites for hydroxylation is 1.